The lowest BCUT2D eigenvalue weighted by Gasteiger charge is -2.15. The van der Waals surface area contributed by atoms with Gasteiger partial charge in [-0.15, -0.1) is 11.6 Å². The van der Waals surface area contributed by atoms with Crippen LogP contribution in [0, 0.1) is 12.8 Å². The summed E-state index contributed by atoms with van der Waals surface area (Å²) in [6.45, 7) is 2.59. The van der Waals surface area contributed by atoms with Gasteiger partial charge in [-0.1, -0.05) is 0 Å². The Morgan fingerprint density at radius 3 is 2.94 bits per heavy atom. The van der Waals surface area contributed by atoms with Gasteiger partial charge in [-0.3, -0.25) is 9.69 Å². The van der Waals surface area contributed by atoms with E-state index in [1.807, 2.05) is 19.1 Å². The van der Waals surface area contributed by atoms with Crippen LogP contribution in [-0.2, 0) is 4.79 Å². The van der Waals surface area contributed by atoms with E-state index in [0.29, 0.717) is 18.8 Å². The molecule has 3 nitrogen and oxygen atoms in total. The molecule has 0 N–H and O–H groups in total. The third-order valence-corrected chi connectivity index (χ3v) is 3.98. The van der Waals surface area contributed by atoms with Crippen molar-refractivity contribution >= 4 is 39.3 Å². The van der Waals surface area contributed by atoms with Gasteiger partial charge < -0.3 is 0 Å². The number of pyridine rings is 1. The first-order valence-electron chi connectivity index (χ1n) is 5.11. The number of aromatic nitrogens is 1. The fraction of sp³-hybridized carbons (Fsp3) is 0.455. The molecule has 86 valence electrons. The van der Waals surface area contributed by atoms with E-state index in [2.05, 4.69) is 20.9 Å². The normalized spacial score (nSPS) is 20.6. The molecule has 1 aliphatic rings. The van der Waals surface area contributed by atoms with Gasteiger partial charge in [-0.05, 0) is 40.9 Å². The third kappa shape index (κ3) is 2.23. The number of carbonyl (C=O) groups excluding carboxylic acids is 1. The molecule has 0 aliphatic carbocycles. The summed E-state index contributed by atoms with van der Waals surface area (Å²) in [7, 11) is 0. The number of alkyl halides is 1. The number of aryl methyl sites for hydroxylation is 1. The van der Waals surface area contributed by atoms with E-state index in [1.54, 1.807) is 4.90 Å². The Labute approximate surface area is 108 Å². The Balaban J connectivity index is 2.24. The van der Waals surface area contributed by atoms with Gasteiger partial charge in [0.05, 0.1) is 5.69 Å². The molecule has 16 heavy (non-hydrogen) atoms. The first-order valence-corrected chi connectivity index (χ1v) is 6.44. The topological polar surface area (TPSA) is 33.2 Å². The molecule has 1 aliphatic heterocycles. The summed E-state index contributed by atoms with van der Waals surface area (Å²) in [6.07, 6.45) is 0.528. The smallest absolute Gasteiger partial charge is 0.228 e. The molecule has 0 spiro atoms. The molecular formula is C11H12BrClN2O. The minimum Gasteiger partial charge on any atom is -0.296 e. The summed E-state index contributed by atoms with van der Waals surface area (Å²) in [5.41, 5.74) is 0.889. The summed E-state index contributed by atoms with van der Waals surface area (Å²) in [6, 6.07) is 3.77. The van der Waals surface area contributed by atoms with Crippen molar-refractivity contribution in [1.29, 1.82) is 0 Å². The summed E-state index contributed by atoms with van der Waals surface area (Å²) in [5, 5.41) is 0. The Morgan fingerprint density at radius 2 is 2.38 bits per heavy atom. The molecule has 1 aromatic rings. The molecule has 1 fully saturated rings. The van der Waals surface area contributed by atoms with E-state index in [9.17, 15) is 4.79 Å². The van der Waals surface area contributed by atoms with Crippen molar-refractivity contribution in [3.63, 3.8) is 0 Å². The van der Waals surface area contributed by atoms with E-state index < -0.39 is 0 Å². The van der Waals surface area contributed by atoms with Crippen molar-refractivity contribution in [2.75, 3.05) is 17.3 Å². The summed E-state index contributed by atoms with van der Waals surface area (Å²) >= 11 is 9.17. The van der Waals surface area contributed by atoms with Crippen molar-refractivity contribution in [2.24, 2.45) is 5.92 Å². The van der Waals surface area contributed by atoms with E-state index in [-0.39, 0.29) is 11.8 Å². The summed E-state index contributed by atoms with van der Waals surface area (Å²) in [4.78, 5) is 17.9. The second kappa shape index (κ2) is 4.72. The minimum atomic E-state index is 0.111. The number of carbonyl (C=O) groups is 1. The third-order valence-electron chi connectivity index (χ3n) is 2.71. The number of halogens is 2. The van der Waals surface area contributed by atoms with Crippen molar-refractivity contribution in [1.82, 2.24) is 4.98 Å². The molecule has 2 rings (SSSR count). The minimum absolute atomic E-state index is 0.111. The predicted molar refractivity (Wildman–Crippen MR) is 67.9 cm³/mol. The number of amides is 1. The predicted octanol–water partition coefficient (Wildman–Crippen LogP) is 2.74. The van der Waals surface area contributed by atoms with Gasteiger partial charge in [0, 0.05) is 23.3 Å². The van der Waals surface area contributed by atoms with Crippen molar-refractivity contribution in [2.45, 2.75) is 13.3 Å². The second-order valence-electron chi connectivity index (χ2n) is 3.97. The van der Waals surface area contributed by atoms with Crippen LogP contribution in [0.4, 0.5) is 5.82 Å². The maximum Gasteiger partial charge on any atom is 0.228 e. The van der Waals surface area contributed by atoms with Crippen molar-refractivity contribution < 1.29 is 4.79 Å². The summed E-state index contributed by atoms with van der Waals surface area (Å²) < 4.78 is 0.955. The highest BCUT2D eigenvalue weighted by molar-refractivity contribution is 9.10. The highest BCUT2D eigenvalue weighted by atomic mass is 79.9. The molecule has 1 aromatic heterocycles. The molecular weight excluding hydrogens is 291 g/mol. The number of rotatable bonds is 2. The fourth-order valence-corrected chi connectivity index (χ4v) is 2.22. The van der Waals surface area contributed by atoms with Gasteiger partial charge in [-0.2, -0.15) is 0 Å². The SMILES string of the molecule is Cc1nc(N2CC(CCl)CC2=O)ccc1Br. The molecule has 5 heteroatoms. The molecule has 1 saturated heterocycles. The zero-order valence-corrected chi connectivity index (χ0v) is 11.3. The first-order chi connectivity index (χ1) is 7.61. The van der Waals surface area contributed by atoms with Gasteiger partial charge in [0.25, 0.3) is 0 Å². The Kier molecular flexibility index (Phi) is 3.50. The zero-order chi connectivity index (χ0) is 11.7. The van der Waals surface area contributed by atoms with E-state index in [0.717, 1.165) is 16.0 Å². The first kappa shape index (κ1) is 11.9. The van der Waals surface area contributed by atoms with Crippen molar-refractivity contribution in [3.05, 3.63) is 22.3 Å². The van der Waals surface area contributed by atoms with Gasteiger partial charge in [-0.25, -0.2) is 4.98 Å². The van der Waals surface area contributed by atoms with Crippen LogP contribution >= 0.6 is 27.5 Å². The second-order valence-corrected chi connectivity index (χ2v) is 5.13. The summed E-state index contributed by atoms with van der Waals surface area (Å²) in [5.74, 6) is 1.61. The molecule has 0 radical (unpaired) electrons. The van der Waals surface area contributed by atoms with Gasteiger partial charge in [0.2, 0.25) is 5.91 Å². The Hall–Kier alpha value is -0.610. The average molecular weight is 304 g/mol. The van der Waals surface area contributed by atoms with Crippen LogP contribution in [0.3, 0.4) is 0 Å². The Morgan fingerprint density at radius 1 is 1.62 bits per heavy atom. The molecule has 2 heterocycles. The van der Waals surface area contributed by atoms with Gasteiger partial charge in [0.1, 0.15) is 5.82 Å². The molecule has 0 bridgehead atoms. The monoisotopic (exact) mass is 302 g/mol. The average Bonchev–Trinajstić information content (AvgIpc) is 2.64. The standard InChI is InChI=1S/C11H12BrClN2O/c1-7-9(12)2-3-10(14-7)15-6-8(5-13)4-11(15)16/h2-3,8H,4-6H2,1H3. The van der Waals surface area contributed by atoms with E-state index in [1.165, 1.54) is 0 Å². The lowest BCUT2D eigenvalue weighted by molar-refractivity contribution is -0.117. The van der Waals surface area contributed by atoms with E-state index >= 15 is 0 Å². The zero-order valence-electron chi connectivity index (χ0n) is 8.91. The van der Waals surface area contributed by atoms with Gasteiger partial charge >= 0.3 is 0 Å². The molecule has 0 saturated carbocycles. The highest BCUT2D eigenvalue weighted by Gasteiger charge is 2.30. The van der Waals surface area contributed by atoms with Crippen molar-refractivity contribution in [3.8, 4) is 0 Å². The number of anilines is 1. The maximum atomic E-state index is 11.8. The van der Waals surface area contributed by atoms with Crippen LogP contribution in [0.1, 0.15) is 12.1 Å². The number of hydrogen-bond donors (Lipinski definition) is 0. The Bertz CT molecular complexity index is 424. The van der Waals surface area contributed by atoms with Crippen LogP contribution in [0.5, 0.6) is 0 Å². The van der Waals surface area contributed by atoms with Crippen LogP contribution < -0.4 is 4.90 Å². The number of nitrogens with zero attached hydrogens (tertiary/aromatic N) is 2. The molecule has 1 unspecified atom stereocenters. The van der Waals surface area contributed by atoms with Crippen LogP contribution in [0.25, 0.3) is 0 Å². The highest BCUT2D eigenvalue weighted by Crippen LogP contribution is 2.26. The van der Waals surface area contributed by atoms with Crippen LogP contribution in [0.15, 0.2) is 16.6 Å². The van der Waals surface area contributed by atoms with E-state index in [4.69, 9.17) is 11.6 Å². The van der Waals surface area contributed by atoms with Gasteiger partial charge in [0.15, 0.2) is 0 Å². The molecule has 1 amide bonds. The largest absolute Gasteiger partial charge is 0.296 e. The maximum absolute atomic E-state index is 11.8. The fourth-order valence-electron chi connectivity index (χ4n) is 1.79. The lowest BCUT2D eigenvalue weighted by Crippen LogP contribution is -2.25. The number of hydrogen-bond acceptors (Lipinski definition) is 2. The lowest BCUT2D eigenvalue weighted by atomic mass is 10.1. The molecule has 1 atom stereocenters. The molecule has 0 aromatic carbocycles. The van der Waals surface area contributed by atoms with Crippen LogP contribution in [0.2, 0.25) is 0 Å². The quantitative estimate of drug-likeness (QED) is 0.787. The van der Waals surface area contributed by atoms with Crippen LogP contribution in [-0.4, -0.2) is 23.3 Å².